The summed E-state index contributed by atoms with van der Waals surface area (Å²) >= 11 is 11.6. The van der Waals surface area contributed by atoms with Gasteiger partial charge < -0.3 is 4.74 Å². The maximum absolute atomic E-state index is 12.9. The zero-order chi connectivity index (χ0) is 17.2. The van der Waals surface area contributed by atoms with Crippen molar-refractivity contribution in [1.82, 2.24) is 0 Å². The SMILES string of the molecule is CS(=O)(=O)c1cc(C(=O)OCc2ccc(F)cc2Cl)ccc1Cl. The number of carbonyl (C=O) groups is 1. The third kappa shape index (κ3) is 4.43. The van der Waals surface area contributed by atoms with E-state index >= 15 is 0 Å². The van der Waals surface area contributed by atoms with E-state index in [-0.39, 0.29) is 27.1 Å². The Labute approximate surface area is 142 Å². The lowest BCUT2D eigenvalue weighted by Gasteiger charge is -2.08. The molecule has 0 aromatic heterocycles. The summed E-state index contributed by atoms with van der Waals surface area (Å²) < 4.78 is 41.2. The van der Waals surface area contributed by atoms with Crippen LogP contribution in [0.3, 0.4) is 0 Å². The number of benzene rings is 2. The van der Waals surface area contributed by atoms with E-state index in [0.29, 0.717) is 5.56 Å². The van der Waals surface area contributed by atoms with Gasteiger partial charge in [-0.1, -0.05) is 29.3 Å². The van der Waals surface area contributed by atoms with Gasteiger partial charge in [0.15, 0.2) is 9.84 Å². The van der Waals surface area contributed by atoms with Crippen molar-refractivity contribution < 1.29 is 22.3 Å². The zero-order valence-corrected chi connectivity index (χ0v) is 14.2. The Morgan fingerprint density at radius 2 is 1.83 bits per heavy atom. The molecule has 0 amide bonds. The van der Waals surface area contributed by atoms with Gasteiger partial charge in [-0.3, -0.25) is 0 Å². The predicted octanol–water partition coefficient (Wildman–Crippen LogP) is 3.89. The number of hydrogen-bond acceptors (Lipinski definition) is 4. The molecule has 0 saturated carbocycles. The summed E-state index contributed by atoms with van der Waals surface area (Å²) in [7, 11) is -3.57. The Morgan fingerprint density at radius 1 is 1.13 bits per heavy atom. The molecule has 0 spiro atoms. The molecule has 122 valence electrons. The quantitative estimate of drug-likeness (QED) is 0.759. The molecule has 0 saturated heterocycles. The van der Waals surface area contributed by atoms with E-state index in [1.54, 1.807) is 0 Å². The van der Waals surface area contributed by atoms with Gasteiger partial charge in [-0.2, -0.15) is 0 Å². The van der Waals surface area contributed by atoms with Crippen LogP contribution in [0.15, 0.2) is 41.3 Å². The van der Waals surface area contributed by atoms with Crippen LogP contribution in [0.1, 0.15) is 15.9 Å². The molecule has 2 aromatic carbocycles. The Bertz CT molecular complexity index is 866. The van der Waals surface area contributed by atoms with Crippen LogP contribution in [0.5, 0.6) is 0 Å². The van der Waals surface area contributed by atoms with E-state index in [2.05, 4.69) is 0 Å². The van der Waals surface area contributed by atoms with E-state index < -0.39 is 21.6 Å². The number of rotatable bonds is 4. The van der Waals surface area contributed by atoms with Crippen molar-refractivity contribution in [3.8, 4) is 0 Å². The molecule has 0 unspecified atom stereocenters. The lowest BCUT2D eigenvalue weighted by molar-refractivity contribution is 0.0472. The maximum atomic E-state index is 12.9. The monoisotopic (exact) mass is 376 g/mol. The highest BCUT2D eigenvalue weighted by atomic mass is 35.5. The number of hydrogen-bond donors (Lipinski definition) is 0. The van der Waals surface area contributed by atoms with Gasteiger partial charge in [0.1, 0.15) is 12.4 Å². The van der Waals surface area contributed by atoms with Crippen LogP contribution in [-0.2, 0) is 21.2 Å². The molecular weight excluding hydrogens is 366 g/mol. The molecule has 2 rings (SSSR count). The Kier molecular flexibility index (Phi) is 5.29. The fraction of sp³-hybridized carbons (Fsp3) is 0.133. The lowest BCUT2D eigenvalue weighted by atomic mass is 10.2. The second-order valence-electron chi connectivity index (χ2n) is 4.73. The topological polar surface area (TPSA) is 60.4 Å². The molecule has 0 radical (unpaired) electrons. The number of sulfone groups is 1. The Morgan fingerprint density at radius 3 is 2.43 bits per heavy atom. The van der Waals surface area contributed by atoms with E-state index in [1.807, 2.05) is 0 Å². The molecule has 0 fully saturated rings. The number of halogens is 3. The summed E-state index contributed by atoms with van der Waals surface area (Å²) in [6, 6.07) is 7.50. The van der Waals surface area contributed by atoms with E-state index in [1.165, 1.54) is 24.3 Å². The maximum Gasteiger partial charge on any atom is 0.338 e. The molecule has 0 aliphatic heterocycles. The van der Waals surface area contributed by atoms with Crippen LogP contribution in [0.25, 0.3) is 0 Å². The standard InChI is InChI=1S/C15H11Cl2FO4S/c1-23(20,21)14-6-9(3-5-12(14)16)15(19)22-8-10-2-4-11(18)7-13(10)17/h2-7H,8H2,1H3. The first-order chi connectivity index (χ1) is 10.7. The molecule has 23 heavy (non-hydrogen) atoms. The van der Waals surface area contributed by atoms with Gasteiger partial charge in [-0.25, -0.2) is 17.6 Å². The molecule has 0 heterocycles. The molecular formula is C15H11Cl2FO4S. The number of ether oxygens (including phenoxy) is 1. The van der Waals surface area contributed by atoms with Gasteiger partial charge >= 0.3 is 5.97 Å². The van der Waals surface area contributed by atoms with Crippen LogP contribution in [0, 0.1) is 5.82 Å². The molecule has 4 nitrogen and oxygen atoms in total. The molecule has 8 heteroatoms. The smallest absolute Gasteiger partial charge is 0.338 e. The van der Waals surface area contributed by atoms with Gasteiger partial charge in [0.05, 0.1) is 20.5 Å². The van der Waals surface area contributed by atoms with Gasteiger partial charge in [-0.15, -0.1) is 0 Å². The molecule has 0 aliphatic carbocycles. The van der Waals surface area contributed by atoms with Gasteiger partial charge in [-0.05, 0) is 30.3 Å². The van der Waals surface area contributed by atoms with E-state index in [0.717, 1.165) is 18.4 Å². The van der Waals surface area contributed by atoms with Crippen molar-refractivity contribution in [1.29, 1.82) is 0 Å². The van der Waals surface area contributed by atoms with E-state index in [9.17, 15) is 17.6 Å². The highest BCUT2D eigenvalue weighted by molar-refractivity contribution is 7.90. The number of esters is 1. The largest absolute Gasteiger partial charge is 0.457 e. The third-order valence-corrected chi connectivity index (χ3v) is 4.87. The van der Waals surface area contributed by atoms with Crippen molar-refractivity contribution in [3.63, 3.8) is 0 Å². The van der Waals surface area contributed by atoms with Crippen molar-refractivity contribution >= 4 is 39.0 Å². The van der Waals surface area contributed by atoms with Crippen LogP contribution in [-0.4, -0.2) is 20.6 Å². The van der Waals surface area contributed by atoms with Crippen LogP contribution >= 0.6 is 23.2 Å². The number of carbonyl (C=O) groups excluding carboxylic acids is 1. The van der Waals surface area contributed by atoms with Crippen LogP contribution in [0.4, 0.5) is 4.39 Å². The van der Waals surface area contributed by atoms with Gasteiger partial charge in [0.25, 0.3) is 0 Å². The Hall–Kier alpha value is -1.63. The summed E-state index contributed by atoms with van der Waals surface area (Å²) in [5.41, 5.74) is 0.465. The first kappa shape index (κ1) is 17.7. The highest BCUT2D eigenvalue weighted by Gasteiger charge is 2.17. The minimum absolute atomic E-state index is 0.0191. The highest BCUT2D eigenvalue weighted by Crippen LogP contribution is 2.24. The van der Waals surface area contributed by atoms with Crippen LogP contribution < -0.4 is 0 Å². The summed E-state index contributed by atoms with van der Waals surface area (Å²) in [5, 5.41) is 0.149. The first-order valence-corrected chi connectivity index (χ1v) is 8.94. The van der Waals surface area contributed by atoms with Gasteiger partial charge in [0, 0.05) is 11.8 Å². The second-order valence-corrected chi connectivity index (χ2v) is 7.53. The fourth-order valence-electron chi connectivity index (χ4n) is 1.78. The Balaban J connectivity index is 2.18. The summed E-state index contributed by atoms with van der Waals surface area (Å²) in [6.07, 6.45) is 0.988. The van der Waals surface area contributed by atoms with Crippen molar-refractivity contribution in [2.75, 3.05) is 6.26 Å². The predicted molar refractivity (Wildman–Crippen MR) is 85.1 cm³/mol. The normalized spacial score (nSPS) is 11.3. The lowest BCUT2D eigenvalue weighted by Crippen LogP contribution is -2.08. The molecule has 2 aromatic rings. The molecule has 0 bridgehead atoms. The third-order valence-electron chi connectivity index (χ3n) is 2.94. The summed E-state index contributed by atoms with van der Waals surface area (Å²) in [6.45, 7) is -0.172. The minimum atomic E-state index is -3.57. The summed E-state index contributed by atoms with van der Waals surface area (Å²) in [4.78, 5) is 11.9. The molecule has 0 aliphatic rings. The molecule has 0 N–H and O–H groups in total. The van der Waals surface area contributed by atoms with Crippen molar-refractivity contribution in [3.05, 3.63) is 63.4 Å². The first-order valence-electron chi connectivity index (χ1n) is 6.29. The second kappa shape index (κ2) is 6.86. The average Bonchev–Trinajstić information content (AvgIpc) is 2.45. The fourth-order valence-corrected chi connectivity index (χ4v) is 3.30. The average molecular weight is 377 g/mol. The summed E-state index contributed by atoms with van der Waals surface area (Å²) in [5.74, 6) is -1.24. The molecule has 0 atom stereocenters. The van der Waals surface area contributed by atoms with Crippen molar-refractivity contribution in [2.45, 2.75) is 11.5 Å². The van der Waals surface area contributed by atoms with E-state index in [4.69, 9.17) is 27.9 Å². The van der Waals surface area contributed by atoms with Crippen LogP contribution in [0.2, 0.25) is 10.0 Å². The zero-order valence-electron chi connectivity index (χ0n) is 11.8. The minimum Gasteiger partial charge on any atom is -0.457 e. The van der Waals surface area contributed by atoms with Crippen molar-refractivity contribution in [2.24, 2.45) is 0 Å². The van der Waals surface area contributed by atoms with Gasteiger partial charge in [0.2, 0.25) is 0 Å².